The minimum Gasteiger partial charge on any atom is -0.279 e. The monoisotopic (exact) mass is 435 g/mol. The van der Waals surface area contributed by atoms with Crippen molar-refractivity contribution in [2.24, 2.45) is 0 Å². The van der Waals surface area contributed by atoms with Gasteiger partial charge in [0, 0.05) is 3.57 Å². The lowest BCUT2D eigenvalue weighted by atomic mass is 10.3. The maximum Gasteiger partial charge on any atom is 0.264 e. The summed E-state index contributed by atoms with van der Waals surface area (Å²) in [5.41, 5.74) is 0.427. The van der Waals surface area contributed by atoms with Crippen molar-refractivity contribution in [2.45, 2.75) is 4.90 Å². The number of carbonyl (C=O) groups excluding carboxylic acids is 1. The summed E-state index contributed by atoms with van der Waals surface area (Å²) < 4.78 is 27.2. The van der Waals surface area contributed by atoms with E-state index in [2.05, 4.69) is 0 Å². The highest BCUT2D eigenvalue weighted by Gasteiger charge is 2.27. The highest BCUT2D eigenvalue weighted by atomic mass is 127. The van der Waals surface area contributed by atoms with E-state index in [0.29, 0.717) is 9.26 Å². The van der Waals surface area contributed by atoms with Gasteiger partial charge in [0.25, 0.3) is 10.0 Å². The lowest BCUT2D eigenvalue weighted by Crippen LogP contribution is -2.35. The molecule has 0 aromatic heterocycles. The summed E-state index contributed by atoms with van der Waals surface area (Å²) in [4.78, 5) is 11.4. The highest BCUT2D eigenvalue weighted by Crippen LogP contribution is 2.28. The van der Waals surface area contributed by atoms with E-state index >= 15 is 0 Å². The predicted octanol–water partition coefficient (Wildman–Crippen LogP) is 3.25. The highest BCUT2D eigenvalue weighted by molar-refractivity contribution is 14.1. The SMILES string of the molecule is O=C(Cl)CN(c1ccccc1I)S(=O)(=O)c1ccccc1. The van der Waals surface area contributed by atoms with Crippen LogP contribution in [-0.2, 0) is 14.8 Å². The molecule has 0 aliphatic rings. The van der Waals surface area contributed by atoms with E-state index < -0.39 is 21.8 Å². The van der Waals surface area contributed by atoms with E-state index in [4.69, 9.17) is 11.6 Å². The Hall–Kier alpha value is -1.12. The van der Waals surface area contributed by atoms with Crippen molar-refractivity contribution in [3.63, 3.8) is 0 Å². The first kappa shape index (κ1) is 16.3. The van der Waals surface area contributed by atoms with Gasteiger partial charge < -0.3 is 0 Å². The summed E-state index contributed by atoms with van der Waals surface area (Å²) in [5.74, 6) is 0. The van der Waals surface area contributed by atoms with E-state index in [1.807, 2.05) is 22.6 Å². The molecular formula is C14H11ClINO3S. The van der Waals surface area contributed by atoms with Crippen LogP contribution in [0.2, 0.25) is 0 Å². The number of anilines is 1. The molecule has 4 nitrogen and oxygen atoms in total. The quantitative estimate of drug-likeness (QED) is 0.535. The average Bonchev–Trinajstić information content (AvgIpc) is 2.46. The van der Waals surface area contributed by atoms with Crippen LogP contribution in [0.5, 0.6) is 0 Å². The fourth-order valence-corrected chi connectivity index (χ4v) is 4.28. The number of hydrogen-bond acceptors (Lipinski definition) is 3. The molecule has 0 saturated carbocycles. The summed E-state index contributed by atoms with van der Waals surface area (Å²) in [7, 11) is -3.85. The van der Waals surface area contributed by atoms with E-state index in [-0.39, 0.29) is 4.90 Å². The molecule has 2 rings (SSSR count). The van der Waals surface area contributed by atoms with Gasteiger partial charge in [-0.1, -0.05) is 30.3 Å². The van der Waals surface area contributed by atoms with Crippen LogP contribution in [-0.4, -0.2) is 20.2 Å². The number of sulfonamides is 1. The number of rotatable bonds is 5. The third kappa shape index (κ3) is 3.75. The molecular weight excluding hydrogens is 425 g/mol. The topological polar surface area (TPSA) is 54.5 Å². The maximum atomic E-state index is 12.7. The van der Waals surface area contributed by atoms with Crippen LogP contribution in [0.25, 0.3) is 0 Å². The fourth-order valence-electron chi connectivity index (χ4n) is 1.79. The lowest BCUT2D eigenvalue weighted by Gasteiger charge is -2.24. The van der Waals surface area contributed by atoms with Gasteiger partial charge in [-0.15, -0.1) is 0 Å². The minimum atomic E-state index is -3.85. The van der Waals surface area contributed by atoms with E-state index in [1.165, 1.54) is 12.1 Å². The molecule has 0 bridgehead atoms. The second-order valence-electron chi connectivity index (χ2n) is 4.13. The summed E-state index contributed by atoms with van der Waals surface area (Å²) >= 11 is 7.44. The molecule has 0 radical (unpaired) electrons. The standard InChI is InChI=1S/C14H11ClINO3S/c15-14(18)10-17(13-9-5-4-8-12(13)16)21(19,20)11-6-2-1-3-7-11/h1-9H,10H2. The van der Waals surface area contributed by atoms with Crippen LogP contribution in [0.4, 0.5) is 5.69 Å². The van der Waals surface area contributed by atoms with Gasteiger partial charge in [0.15, 0.2) is 0 Å². The fraction of sp³-hybridized carbons (Fsp3) is 0.0714. The zero-order valence-corrected chi connectivity index (χ0v) is 14.5. The van der Waals surface area contributed by atoms with Gasteiger partial charge in [0.05, 0.1) is 10.6 Å². The molecule has 0 amide bonds. The minimum absolute atomic E-state index is 0.113. The van der Waals surface area contributed by atoms with Crippen molar-refractivity contribution in [3.05, 3.63) is 58.2 Å². The number of halogens is 2. The smallest absolute Gasteiger partial charge is 0.264 e. The van der Waals surface area contributed by atoms with Crippen LogP contribution in [0, 0.1) is 3.57 Å². The Labute approximate surface area is 141 Å². The van der Waals surface area contributed by atoms with Crippen LogP contribution in [0.15, 0.2) is 59.5 Å². The molecule has 0 aliphatic heterocycles. The van der Waals surface area contributed by atoms with Gasteiger partial charge in [0.1, 0.15) is 6.54 Å². The molecule has 0 N–H and O–H groups in total. The number of para-hydroxylation sites is 1. The average molecular weight is 436 g/mol. The molecule has 0 atom stereocenters. The number of benzene rings is 2. The number of hydrogen-bond donors (Lipinski definition) is 0. The maximum absolute atomic E-state index is 12.7. The first-order valence-electron chi connectivity index (χ1n) is 5.93. The summed E-state index contributed by atoms with van der Waals surface area (Å²) in [6, 6.07) is 14.9. The Morgan fingerprint density at radius 2 is 1.62 bits per heavy atom. The normalized spacial score (nSPS) is 11.1. The molecule has 0 heterocycles. The van der Waals surface area contributed by atoms with E-state index in [1.54, 1.807) is 42.5 Å². The second kappa shape index (κ2) is 6.76. The van der Waals surface area contributed by atoms with Crippen LogP contribution in [0.3, 0.4) is 0 Å². The van der Waals surface area contributed by atoms with Gasteiger partial charge in [-0.25, -0.2) is 8.42 Å². The predicted molar refractivity (Wildman–Crippen MR) is 91.0 cm³/mol. The summed E-state index contributed by atoms with van der Waals surface area (Å²) in [6.45, 7) is -0.418. The van der Waals surface area contributed by atoms with Crippen molar-refractivity contribution >= 4 is 55.1 Å². The van der Waals surface area contributed by atoms with Crippen molar-refractivity contribution in [3.8, 4) is 0 Å². The van der Waals surface area contributed by atoms with E-state index in [0.717, 1.165) is 4.31 Å². The zero-order chi connectivity index (χ0) is 15.5. The molecule has 21 heavy (non-hydrogen) atoms. The molecule has 0 aliphatic carbocycles. The van der Waals surface area contributed by atoms with Crippen LogP contribution >= 0.6 is 34.2 Å². The van der Waals surface area contributed by atoms with Crippen molar-refractivity contribution in [1.29, 1.82) is 0 Å². The van der Waals surface area contributed by atoms with Gasteiger partial charge in [-0.05, 0) is 58.5 Å². The third-order valence-corrected chi connectivity index (χ3v) is 5.53. The molecule has 2 aromatic carbocycles. The van der Waals surface area contributed by atoms with Gasteiger partial charge in [-0.2, -0.15) is 0 Å². The zero-order valence-electron chi connectivity index (χ0n) is 10.7. The molecule has 0 spiro atoms. The first-order valence-corrected chi connectivity index (χ1v) is 8.83. The number of carbonyl (C=O) groups is 1. The Balaban J connectivity index is 2.56. The molecule has 0 fully saturated rings. The molecule has 0 unspecified atom stereocenters. The Morgan fingerprint density at radius 3 is 2.19 bits per heavy atom. The van der Waals surface area contributed by atoms with Gasteiger partial charge >= 0.3 is 0 Å². The molecule has 2 aromatic rings. The van der Waals surface area contributed by atoms with Crippen molar-refractivity contribution in [2.75, 3.05) is 10.8 Å². The third-order valence-electron chi connectivity index (χ3n) is 2.72. The molecule has 110 valence electrons. The lowest BCUT2D eigenvalue weighted by molar-refractivity contribution is -0.110. The first-order chi connectivity index (χ1) is 9.93. The Bertz CT molecular complexity index is 750. The van der Waals surface area contributed by atoms with Crippen molar-refractivity contribution in [1.82, 2.24) is 0 Å². The Kier molecular flexibility index (Phi) is 5.23. The second-order valence-corrected chi connectivity index (χ2v) is 7.58. The van der Waals surface area contributed by atoms with Crippen molar-refractivity contribution < 1.29 is 13.2 Å². The Morgan fingerprint density at radius 1 is 1.05 bits per heavy atom. The largest absolute Gasteiger partial charge is 0.279 e. The van der Waals surface area contributed by atoms with E-state index in [9.17, 15) is 13.2 Å². The summed E-state index contributed by atoms with van der Waals surface area (Å²) in [6.07, 6.45) is 0. The summed E-state index contributed by atoms with van der Waals surface area (Å²) in [5, 5.41) is -0.742. The molecule has 0 saturated heterocycles. The molecule has 7 heteroatoms. The van der Waals surface area contributed by atoms with Gasteiger partial charge in [0.2, 0.25) is 5.24 Å². The van der Waals surface area contributed by atoms with Crippen LogP contribution in [0.1, 0.15) is 0 Å². The van der Waals surface area contributed by atoms with Gasteiger partial charge in [-0.3, -0.25) is 9.10 Å². The number of nitrogens with zero attached hydrogens (tertiary/aromatic N) is 1. The van der Waals surface area contributed by atoms with Crippen LogP contribution < -0.4 is 4.31 Å².